The van der Waals surface area contributed by atoms with Crippen LogP contribution in [-0.4, -0.2) is 74.7 Å². The number of ether oxygens (including phenoxy) is 2. The fraction of sp³-hybridized carbons (Fsp3) is 0.455. The van der Waals surface area contributed by atoms with Gasteiger partial charge in [-0.15, -0.1) is 0 Å². The van der Waals surface area contributed by atoms with Gasteiger partial charge in [-0.2, -0.15) is 0 Å². The SMILES string of the molecule is COc1ccc(-n2ccnc2-c2nccn2[C@H]2C[C@H]3CO[C@@H](CCO)CN3C2)cc1. The molecule has 2 aliphatic heterocycles. The summed E-state index contributed by atoms with van der Waals surface area (Å²) in [5.74, 6) is 2.52. The van der Waals surface area contributed by atoms with Gasteiger partial charge >= 0.3 is 0 Å². The van der Waals surface area contributed by atoms with Gasteiger partial charge in [0.1, 0.15) is 5.75 Å². The molecule has 158 valence electrons. The van der Waals surface area contributed by atoms with E-state index in [9.17, 15) is 5.11 Å². The normalized spacial score (nSPS) is 24.1. The van der Waals surface area contributed by atoms with Gasteiger partial charge < -0.3 is 19.1 Å². The zero-order chi connectivity index (χ0) is 20.5. The van der Waals surface area contributed by atoms with E-state index in [-0.39, 0.29) is 12.7 Å². The van der Waals surface area contributed by atoms with Crippen molar-refractivity contribution in [1.29, 1.82) is 0 Å². The van der Waals surface area contributed by atoms with Crippen molar-refractivity contribution in [2.75, 3.05) is 33.4 Å². The maximum atomic E-state index is 9.23. The highest BCUT2D eigenvalue weighted by molar-refractivity contribution is 5.52. The van der Waals surface area contributed by atoms with Crippen LogP contribution in [0.2, 0.25) is 0 Å². The monoisotopic (exact) mass is 409 g/mol. The first-order valence-corrected chi connectivity index (χ1v) is 10.4. The molecule has 2 aromatic heterocycles. The molecular weight excluding hydrogens is 382 g/mol. The largest absolute Gasteiger partial charge is 0.497 e. The van der Waals surface area contributed by atoms with Crippen molar-refractivity contribution in [3.63, 3.8) is 0 Å². The average Bonchev–Trinajstić information content (AvgIpc) is 3.51. The Bertz CT molecular complexity index is 983. The Morgan fingerprint density at radius 3 is 2.67 bits per heavy atom. The highest BCUT2D eigenvalue weighted by Crippen LogP contribution is 2.34. The van der Waals surface area contributed by atoms with Gasteiger partial charge in [-0.05, 0) is 37.1 Å². The lowest BCUT2D eigenvalue weighted by molar-refractivity contribution is -0.0567. The first-order valence-electron chi connectivity index (χ1n) is 10.4. The third-order valence-corrected chi connectivity index (χ3v) is 6.17. The lowest BCUT2D eigenvalue weighted by atomic mass is 10.1. The second kappa shape index (κ2) is 8.22. The summed E-state index contributed by atoms with van der Waals surface area (Å²) in [6.07, 6.45) is 9.52. The number of aromatic nitrogens is 4. The van der Waals surface area contributed by atoms with Crippen LogP contribution in [0.25, 0.3) is 17.3 Å². The van der Waals surface area contributed by atoms with Gasteiger partial charge in [0.15, 0.2) is 11.6 Å². The fourth-order valence-corrected chi connectivity index (χ4v) is 4.64. The minimum Gasteiger partial charge on any atom is -0.497 e. The number of fused-ring (bicyclic) bond motifs is 1. The minimum atomic E-state index is 0.126. The summed E-state index contributed by atoms with van der Waals surface area (Å²) in [4.78, 5) is 11.8. The fourth-order valence-electron chi connectivity index (χ4n) is 4.64. The zero-order valence-corrected chi connectivity index (χ0v) is 17.1. The molecule has 0 bridgehead atoms. The molecule has 30 heavy (non-hydrogen) atoms. The number of aliphatic hydroxyl groups excluding tert-OH is 1. The van der Waals surface area contributed by atoms with E-state index in [0.717, 1.165) is 49.2 Å². The molecule has 0 spiro atoms. The van der Waals surface area contributed by atoms with Crippen molar-refractivity contribution in [1.82, 2.24) is 24.0 Å². The van der Waals surface area contributed by atoms with E-state index in [1.54, 1.807) is 7.11 Å². The highest BCUT2D eigenvalue weighted by Gasteiger charge is 2.38. The van der Waals surface area contributed by atoms with Crippen LogP contribution in [0.5, 0.6) is 5.75 Å². The summed E-state index contributed by atoms with van der Waals surface area (Å²) in [5, 5.41) is 9.23. The maximum Gasteiger partial charge on any atom is 0.181 e. The molecule has 1 N–H and O–H groups in total. The number of hydrogen-bond acceptors (Lipinski definition) is 6. The third-order valence-electron chi connectivity index (χ3n) is 6.17. The Morgan fingerprint density at radius 2 is 1.87 bits per heavy atom. The number of nitrogens with zero attached hydrogens (tertiary/aromatic N) is 5. The van der Waals surface area contributed by atoms with Crippen molar-refractivity contribution in [2.24, 2.45) is 0 Å². The molecule has 1 aromatic carbocycles. The number of morpholine rings is 1. The Balaban J connectivity index is 1.40. The molecule has 4 heterocycles. The van der Waals surface area contributed by atoms with Crippen LogP contribution in [0.15, 0.2) is 49.1 Å². The maximum absolute atomic E-state index is 9.23. The second-order valence-electron chi connectivity index (χ2n) is 7.94. The third kappa shape index (κ3) is 3.51. The van der Waals surface area contributed by atoms with Crippen LogP contribution in [0.4, 0.5) is 0 Å². The smallest absolute Gasteiger partial charge is 0.181 e. The molecule has 0 radical (unpaired) electrons. The quantitative estimate of drug-likeness (QED) is 0.672. The van der Waals surface area contributed by atoms with Crippen LogP contribution in [0.3, 0.4) is 0 Å². The van der Waals surface area contributed by atoms with Gasteiger partial charge in [0.2, 0.25) is 0 Å². The molecule has 0 amide bonds. The van der Waals surface area contributed by atoms with Gasteiger partial charge in [-0.3, -0.25) is 9.47 Å². The van der Waals surface area contributed by atoms with Crippen LogP contribution in [0, 0.1) is 0 Å². The molecule has 8 nitrogen and oxygen atoms in total. The van der Waals surface area contributed by atoms with Gasteiger partial charge in [0, 0.05) is 62.3 Å². The highest BCUT2D eigenvalue weighted by atomic mass is 16.5. The number of methoxy groups -OCH3 is 1. The Morgan fingerprint density at radius 1 is 1.07 bits per heavy atom. The molecule has 3 aromatic rings. The van der Waals surface area contributed by atoms with Crippen LogP contribution >= 0.6 is 0 Å². The Kier molecular flexibility index (Phi) is 5.28. The van der Waals surface area contributed by atoms with Gasteiger partial charge in [-0.1, -0.05) is 0 Å². The predicted octanol–water partition coefficient (Wildman–Crippen LogP) is 2.14. The molecule has 2 aliphatic rings. The van der Waals surface area contributed by atoms with E-state index in [2.05, 4.69) is 30.2 Å². The average molecular weight is 409 g/mol. The molecule has 8 heteroatoms. The topological polar surface area (TPSA) is 77.6 Å². The van der Waals surface area contributed by atoms with E-state index in [0.29, 0.717) is 18.5 Å². The molecule has 2 saturated heterocycles. The van der Waals surface area contributed by atoms with Crippen molar-refractivity contribution in [3.05, 3.63) is 49.1 Å². The van der Waals surface area contributed by atoms with E-state index in [1.807, 2.05) is 42.9 Å². The minimum absolute atomic E-state index is 0.126. The molecule has 0 aliphatic carbocycles. The summed E-state index contributed by atoms with van der Waals surface area (Å²) >= 11 is 0. The number of imidazole rings is 2. The van der Waals surface area contributed by atoms with Gasteiger partial charge in [0.25, 0.3) is 0 Å². The predicted molar refractivity (Wildman–Crippen MR) is 112 cm³/mol. The molecule has 3 atom stereocenters. The number of benzene rings is 1. The summed E-state index contributed by atoms with van der Waals surface area (Å²) in [7, 11) is 1.67. The lowest BCUT2D eigenvalue weighted by Crippen LogP contribution is -2.46. The first kappa shape index (κ1) is 19.3. The van der Waals surface area contributed by atoms with Crippen LogP contribution in [-0.2, 0) is 4.74 Å². The molecule has 5 rings (SSSR count). The summed E-state index contributed by atoms with van der Waals surface area (Å²) in [6, 6.07) is 8.68. The number of hydrogen-bond donors (Lipinski definition) is 1. The van der Waals surface area contributed by atoms with Gasteiger partial charge in [0.05, 0.1) is 19.8 Å². The molecule has 0 saturated carbocycles. The van der Waals surface area contributed by atoms with Crippen molar-refractivity contribution >= 4 is 0 Å². The van der Waals surface area contributed by atoms with Crippen molar-refractivity contribution in [2.45, 2.75) is 31.0 Å². The van der Waals surface area contributed by atoms with E-state index < -0.39 is 0 Å². The summed E-state index contributed by atoms with van der Waals surface area (Å²) < 4.78 is 15.5. The van der Waals surface area contributed by atoms with Crippen molar-refractivity contribution < 1.29 is 14.6 Å². The standard InChI is InChI=1S/C22H27N5O3/c1-29-19-4-2-16(3-5-19)26-9-7-23-21(26)22-24-8-10-27(22)17-12-18-15-30-20(6-11-28)14-25(18)13-17/h2-5,7-10,17-18,20,28H,6,11-15H2,1H3/t17-,18-,20-/m0/s1. The molecule has 2 fully saturated rings. The van der Waals surface area contributed by atoms with E-state index in [1.165, 1.54) is 0 Å². The first-order chi connectivity index (χ1) is 14.8. The Hall–Kier alpha value is -2.68. The summed E-state index contributed by atoms with van der Waals surface area (Å²) in [5.41, 5.74) is 1.02. The van der Waals surface area contributed by atoms with Gasteiger partial charge in [-0.25, -0.2) is 9.97 Å². The lowest BCUT2D eigenvalue weighted by Gasteiger charge is -2.34. The number of rotatable bonds is 6. The van der Waals surface area contributed by atoms with Crippen LogP contribution < -0.4 is 4.74 Å². The van der Waals surface area contributed by atoms with E-state index >= 15 is 0 Å². The molecular formula is C22H27N5O3. The van der Waals surface area contributed by atoms with Crippen molar-refractivity contribution in [3.8, 4) is 23.1 Å². The van der Waals surface area contributed by atoms with E-state index in [4.69, 9.17) is 9.47 Å². The Labute approximate surface area is 175 Å². The molecule has 0 unspecified atom stereocenters. The zero-order valence-electron chi connectivity index (χ0n) is 17.1. The van der Waals surface area contributed by atoms with Crippen LogP contribution in [0.1, 0.15) is 18.9 Å². The second-order valence-corrected chi connectivity index (χ2v) is 7.94. The number of aliphatic hydroxyl groups is 1. The summed E-state index contributed by atoms with van der Waals surface area (Å²) in [6.45, 7) is 2.74.